The molecule has 5 nitrogen and oxygen atoms in total. The molecule has 6 heteroatoms. The molecule has 1 saturated heterocycles. The molecule has 31 heavy (non-hydrogen) atoms. The molecule has 4 aromatic rings. The van der Waals surface area contributed by atoms with Crippen LogP contribution in [0.1, 0.15) is 21.6 Å². The minimum absolute atomic E-state index is 0.101. The van der Waals surface area contributed by atoms with Gasteiger partial charge in [0.1, 0.15) is 5.82 Å². The number of halogens is 1. The lowest BCUT2D eigenvalue weighted by atomic mass is 10.0. The van der Waals surface area contributed by atoms with E-state index in [9.17, 15) is 9.18 Å². The van der Waals surface area contributed by atoms with Gasteiger partial charge in [-0.1, -0.05) is 48.5 Å². The van der Waals surface area contributed by atoms with E-state index in [1.54, 1.807) is 23.2 Å². The Morgan fingerprint density at radius 1 is 1.03 bits per heavy atom. The fraction of sp³-hybridized carbons (Fsp3) is 0.160. The minimum atomic E-state index is -0.503. The monoisotopic (exact) mass is 412 g/mol. The van der Waals surface area contributed by atoms with Gasteiger partial charge < -0.3 is 10.2 Å². The number of amides is 1. The van der Waals surface area contributed by atoms with Crippen molar-refractivity contribution in [1.29, 1.82) is 0 Å². The van der Waals surface area contributed by atoms with Gasteiger partial charge in [0.05, 0.1) is 23.5 Å². The van der Waals surface area contributed by atoms with Crippen molar-refractivity contribution in [2.75, 3.05) is 18.4 Å². The molecule has 0 bridgehead atoms. The number of nitrogens with one attached hydrogen (secondary N) is 1. The van der Waals surface area contributed by atoms with Crippen LogP contribution in [0.4, 0.5) is 10.1 Å². The van der Waals surface area contributed by atoms with Crippen molar-refractivity contribution < 1.29 is 9.18 Å². The number of likely N-dealkylation sites (tertiary alicyclic amines) is 1. The van der Waals surface area contributed by atoms with E-state index in [-0.39, 0.29) is 17.5 Å². The predicted molar refractivity (Wildman–Crippen MR) is 119 cm³/mol. The van der Waals surface area contributed by atoms with Crippen molar-refractivity contribution in [2.24, 2.45) is 0 Å². The highest BCUT2D eigenvalue weighted by Crippen LogP contribution is 2.23. The number of hydrogen-bond donors (Lipinski definition) is 1. The average molecular weight is 412 g/mol. The Hall–Kier alpha value is -3.80. The van der Waals surface area contributed by atoms with E-state index >= 15 is 0 Å². The number of hydrogen-bond acceptors (Lipinski definition) is 4. The van der Waals surface area contributed by atoms with Crippen LogP contribution in [-0.2, 0) is 6.42 Å². The van der Waals surface area contributed by atoms with Gasteiger partial charge >= 0.3 is 0 Å². The first-order valence-electron chi connectivity index (χ1n) is 10.3. The van der Waals surface area contributed by atoms with Crippen LogP contribution < -0.4 is 5.32 Å². The fourth-order valence-electron chi connectivity index (χ4n) is 3.93. The van der Waals surface area contributed by atoms with E-state index in [1.807, 2.05) is 54.6 Å². The Balaban J connectivity index is 1.30. The highest BCUT2D eigenvalue weighted by Gasteiger charge is 2.32. The molecule has 0 aliphatic carbocycles. The van der Waals surface area contributed by atoms with E-state index in [0.29, 0.717) is 19.5 Å². The van der Waals surface area contributed by atoms with Gasteiger partial charge in [-0.25, -0.2) is 4.39 Å². The largest absolute Gasteiger partial charge is 0.379 e. The van der Waals surface area contributed by atoms with Crippen LogP contribution in [0, 0.1) is 5.82 Å². The quantitative estimate of drug-likeness (QED) is 0.531. The van der Waals surface area contributed by atoms with Crippen LogP contribution in [0.5, 0.6) is 0 Å². The standard InChI is InChI=1S/C25H21FN4O/c26-23-11-10-17(13-24-21-9-5-4-6-18(21)14-27-29-24)12-22(23)25(31)30-15-20(16-30)28-19-7-2-1-3-8-19/h1-12,14,20,28H,13,15-16H2. The lowest BCUT2D eigenvalue weighted by Crippen LogP contribution is -2.57. The molecule has 5 rings (SSSR count). The summed E-state index contributed by atoms with van der Waals surface area (Å²) in [4.78, 5) is 14.6. The Morgan fingerprint density at radius 2 is 1.81 bits per heavy atom. The molecule has 154 valence electrons. The molecule has 0 saturated carbocycles. The smallest absolute Gasteiger partial charge is 0.256 e. The van der Waals surface area contributed by atoms with Crippen LogP contribution in [-0.4, -0.2) is 40.1 Å². The van der Waals surface area contributed by atoms with E-state index in [0.717, 1.165) is 27.7 Å². The number of benzene rings is 3. The Labute approximate surface area is 179 Å². The third-order valence-corrected chi connectivity index (χ3v) is 5.59. The van der Waals surface area contributed by atoms with Crippen molar-refractivity contribution in [3.8, 4) is 0 Å². The Bertz CT molecular complexity index is 1230. The van der Waals surface area contributed by atoms with E-state index in [1.165, 1.54) is 6.07 Å². The van der Waals surface area contributed by atoms with E-state index in [2.05, 4.69) is 15.5 Å². The molecule has 0 radical (unpaired) electrons. The highest BCUT2D eigenvalue weighted by atomic mass is 19.1. The lowest BCUT2D eigenvalue weighted by molar-refractivity contribution is 0.0620. The van der Waals surface area contributed by atoms with E-state index < -0.39 is 5.82 Å². The fourth-order valence-corrected chi connectivity index (χ4v) is 3.93. The summed E-state index contributed by atoms with van der Waals surface area (Å²) in [6.45, 7) is 1.10. The first kappa shape index (κ1) is 19.2. The maximum Gasteiger partial charge on any atom is 0.256 e. The third-order valence-electron chi connectivity index (χ3n) is 5.59. The first-order valence-corrected chi connectivity index (χ1v) is 10.3. The van der Waals surface area contributed by atoms with Crippen molar-refractivity contribution in [3.05, 3.63) is 102 Å². The summed E-state index contributed by atoms with van der Waals surface area (Å²) < 4.78 is 14.5. The molecular formula is C25H21FN4O. The van der Waals surface area contributed by atoms with Crippen LogP contribution in [0.25, 0.3) is 10.8 Å². The average Bonchev–Trinajstić information content (AvgIpc) is 2.78. The molecule has 1 aliphatic rings. The predicted octanol–water partition coefficient (Wildman–Crippen LogP) is 4.30. The summed E-state index contributed by atoms with van der Waals surface area (Å²) in [5.74, 6) is -0.785. The number of aromatic nitrogens is 2. The molecule has 1 N–H and O–H groups in total. The Morgan fingerprint density at radius 3 is 2.65 bits per heavy atom. The summed E-state index contributed by atoms with van der Waals surface area (Å²) >= 11 is 0. The van der Waals surface area contributed by atoms with Gasteiger partial charge in [0.2, 0.25) is 0 Å². The van der Waals surface area contributed by atoms with Crippen LogP contribution in [0.2, 0.25) is 0 Å². The molecule has 1 amide bonds. The van der Waals surface area contributed by atoms with Gasteiger partial charge in [0.15, 0.2) is 0 Å². The molecular weight excluding hydrogens is 391 g/mol. The van der Waals surface area contributed by atoms with Crippen molar-refractivity contribution in [1.82, 2.24) is 15.1 Å². The summed E-state index contributed by atoms with van der Waals surface area (Å²) in [7, 11) is 0. The number of anilines is 1. The molecule has 1 fully saturated rings. The normalized spacial score (nSPS) is 13.8. The second kappa shape index (κ2) is 8.14. The summed E-state index contributed by atoms with van der Waals surface area (Å²) in [6, 6.07) is 22.6. The van der Waals surface area contributed by atoms with Gasteiger partial charge in [-0.3, -0.25) is 4.79 Å². The van der Waals surface area contributed by atoms with Gasteiger partial charge in [-0.15, -0.1) is 0 Å². The highest BCUT2D eigenvalue weighted by molar-refractivity contribution is 5.95. The second-order valence-corrected chi connectivity index (χ2v) is 7.79. The lowest BCUT2D eigenvalue weighted by Gasteiger charge is -2.40. The molecule has 3 aromatic carbocycles. The molecule has 0 spiro atoms. The van der Waals surface area contributed by atoms with Crippen LogP contribution >= 0.6 is 0 Å². The maximum absolute atomic E-state index is 14.5. The van der Waals surface area contributed by atoms with Gasteiger partial charge in [0, 0.05) is 36.0 Å². The summed E-state index contributed by atoms with van der Waals surface area (Å²) in [5.41, 5.74) is 2.75. The number of nitrogens with zero attached hydrogens (tertiary/aromatic N) is 3. The number of carbonyl (C=O) groups excluding carboxylic acids is 1. The number of rotatable bonds is 5. The maximum atomic E-state index is 14.5. The van der Waals surface area contributed by atoms with E-state index in [4.69, 9.17) is 0 Å². The van der Waals surface area contributed by atoms with Crippen molar-refractivity contribution in [2.45, 2.75) is 12.5 Å². The number of para-hydroxylation sites is 1. The summed E-state index contributed by atoms with van der Waals surface area (Å²) in [5, 5.41) is 13.7. The Kier molecular flexibility index (Phi) is 5.04. The van der Waals surface area contributed by atoms with Gasteiger partial charge in [-0.05, 0) is 29.8 Å². The van der Waals surface area contributed by atoms with Crippen molar-refractivity contribution >= 4 is 22.4 Å². The van der Waals surface area contributed by atoms with Crippen LogP contribution in [0.15, 0.2) is 79.0 Å². The molecule has 0 unspecified atom stereocenters. The summed E-state index contributed by atoms with van der Waals surface area (Å²) in [6.07, 6.45) is 2.20. The zero-order valence-corrected chi connectivity index (χ0v) is 16.8. The molecule has 1 aromatic heterocycles. The topological polar surface area (TPSA) is 58.1 Å². The van der Waals surface area contributed by atoms with Gasteiger partial charge in [-0.2, -0.15) is 10.2 Å². The zero-order chi connectivity index (χ0) is 21.2. The number of carbonyl (C=O) groups is 1. The van der Waals surface area contributed by atoms with Crippen LogP contribution in [0.3, 0.4) is 0 Å². The van der Waals surface area contributed by atoms with Crippen molar-refractivity contribution in [3.63, 3.8) is 0 Å². The number of fused-ring (bicyclic) bond motifs is 1. The SMILES string of the molecule is O=C(c1cc(Cc2nncc3ccccc23)ccc1F)N1CC(Nc2ccccc2)C1. The first-order chi connectivity index (χ1) is 15.2. The molecule has 2 heterocycles. The zero-order valence-electron chi connectivity index (χ0n) is 16.8. The minimum Gasteiger partial charge on any atom is -0.379 e. The molecule has 1 aliphatic heterocycles. The third kappa shape index (κ3) is 3.97. The molecule has 0 atom stereocenters. The second-order valence-electron chi connectivity index (χ2n) is 7.79. The van der Waals surface area contributed by atoms with Gasteiger partial charge in [0.25, 0.3) is 5.91 Å².